The fourth-order valence-electron chi connectivity index (χ4n) is 0.844. The van der Waals surface area contributed by atoms with Gasteiger partial charge >= 0.3 is 11.9 Å². The van der Waals surface area contributed by atoms with Crippen LogP contribution >= 0.6 is 0 Å². The maximum atomic E-state index is 10.9. The number of hydrogen-bond donors (Lipinski definition) is 1. The van der Waals surface area contributed by atoms with Crippen LogP contribution in [0.3, 0.4) is 0 Å². The standard InChI is InChI=1S/C9H16O5/c1-3-13-8(11)6-5-7(10)9(12)14-4-2/h7,10H,3-6H2,1-2H3. The molecule has 0 aliphatic heterocycles. The van der Waals surface area contributed by atoms with Crippen LogP contribution in [0.2, 0.25) is 0 Å². The summed E-state index contributed by atoms with van der Waals surface area (Å²) in [6, 6.07) is 0. The van der Waals surface area contributed by atoms with Crippen LogP contribution in [0.25, 0.3) is 0 Å². The summed E-state index contributed by atoms with van der Waals surface area (Å²) in [7, 11) is 0. The number of rotatable bonds is 6. The van der Waals surface area contributed by atoms with Gasteiger partial charge in [-0.25, -0.2) is 4.79 Å². The summed E-state index contributed by atoms with van der Waals surface area (Å²) in [4.78, 5) is 21.7. The molecule has 0 spiro atoms. The van der Waals surface area contributed by atoms with Crippen molar-refractivity contribution in [2.75, 3.05) is 13.2 Å². The zero-order valence-electron chi connectivity index (χ0n) is 8.49. The molecule has 1 N–H and O–H groups in total. The van der Waals surface area contributed by atoms with Gasteiger partial charge in [0, 0.05) is 6.42 Å². The molecular formula is C9H16O5. The number of carbonyl (C=O) groups excluding carboxylic acids is 2. The number of aliphatic hydroxyl groups excluding tert-OH is 1. The largest absolute Gasteiger partial charge is 0.466 e. The van der Waals surface area contributed by atoms with Gasteiger partial charge in [0.1, 0.15) is 0 Å². The molecule has 0 saturated heterocycles. The molecule has 0 radical (unpaired) electrons. The summed E-state index contributed by atoms with van der Waals surface area (Å²) in [5, 5.41) is 9.18. The van der Waals surface area contributed by atoms with E-state index in [-0.39, 0.29) is 19.4 Å². The third-order valence-corrected chi connectivity index (χ3v) is 1.49. The summed E-state index contributed by atoms with van der Waals surface area (Å²) in [6.45, 7) is 3.86. The average Bonchev–Trinajstić information content (AvgIpc) is 2.15. The van der Waals surface area contributed by atoms with Gasteiger partial charge in [0.25, 0.3) is 0 Å². The molecule has 0 heterocycles. The SMILES string of the molecule is CCOC(=O)CCC(O)C(=O)OCC. The van der Waals surface area contributed by atoms with E-state index in [0.29, 0.717) is 6.61 Å². The molecule has 5 heteroatoms. The monoisotopic (exact) mass is 204 g/mol. The van der Waals surface area contributed by atoms with E-state index in [4.69, 9.17) is 0 Å². The number of hydrogen-bond acceptors (Lipinski definition) is 5. The zero-order chi connectivity index (χ0) is 11.0. The molecule has 0 amide bonds. The van der Waals surface area contributed by atoms with Gasteiger partial charge in [0.05, 0.1) is 13.2 Å². The van der Waals surface area contributed by atoms with E-state index in [2.05, 4.69) is 9.47 Å². The Labute approximate surface area is 83.0 Å². The van der Waals surface area contributed by atoms with Gasteiger partial charge in [-0.15, -0.1) is 0 Å². The maximum absolute atomic E-state index is 10.9. The molecule has 1 unspecified atom stereocenters. The Morgan fingerprint density at radius 1 is 1.21 bits per heavy atom. The molecule has 0 fully saturated rings. The zero-order valence-corrected chi connectivity index (χ0v) is 8.49. The second kappa shape index (κ2) is 7.32. The second-order valence-corrected chi connectivity index (χ2v) is 2.61. The Balaban J connectivity index is 3.67. The molecule has 14 heavy (non-hydrogen) atoms. The van der Waals surface area contributed by atoms with Crippen molar-refractivity contribution in [3.05, 3.63) is 0 Å². The van der Waals surface area contributed by atoms with Crippen LogP contribution in [0.4, 0.5) is 0 Å². The van der Waals surface area contributed by atoms with E-state index in [0.717, 1.165) is 0 Å². The van der Waals surface area contributed by atoms with Crippen molar-refractivity contribution in [1.82, 2.24) is 0 Å². The molecular weight excluding hydrogens is 188 g/mol. The minimum atomic E-state index is -1.24. The highest BCUT2D eigenvalue weighted by Gasteiger charge is 2.17. The van der Waals surface area contributed by atoms with Gasteiger partial charge in [-0.2, -0.15) is 0 Å². The van der Waals surface area contributed by atoms with Gasteiger partial charge in [-0.05, 0) is 20.3 Å². The molecule has 1 atom stereocenters. The summed E-state index contributed by atoms with van der Waals surface area (Å²) in [5.74, 6) is -1.12. The minimum absolute atomic E-state index is 0.0216. The summed E-state index contributed by atoms with van der Waals surface area (Å²) in [5.41, 5.74) is 0. The number of ether oxygens (including phenoxy) is 2. The van der Waals surface area contributed by atoms with Crippen LogP contribution < -0.4 is 0 Å². The van der Waals surface area contributed by atoms with Crippen molar-refractivity contribution < 1.29 is 24.2 Å². The van der Waals surface area contributed by atoms with Crippen LogP contribution in [0.15, 0.2) is 0 Å². The third kappa shape index (κ3) is 5.53. The molecule has 5 nitrogen and oxygen atoms in total. The second-order valence-electron chi connectivity index (χ2n) is 2.61. The highest BCUT2D eigenvalue weighted by Crippen LogP contribution is 2.01. The van der Waals surface area contributed by atoms with Crippen LogP contribution in [0.5, 0.6) is 0 Å². The van der Waals surface area contributed by atoms with E-state index in [1.54, 1.807) is 13.8 Å². The molecule has 0 aromatic carbocycles. The first-order chi connectivity index (χ1) is 6.61. The molecule has 0 aliphatic carbocycles. The maximum Gasteiger partial charge on any atom is 0.334 e. The van der Waals surface area contributed by atoms with E-state index < -0.39 is 18.0 Å². The minimum Gasteiger partial charge on any atom is -0.466 e. The summed E-state index contributed by atoms with van der Waals surface area (Å²) in [6.07, 6.45) is -1.18. The van der Waals surface area contributed by atoms with Crippen molar-refractivity contribution >= 4 is 11.9 Å². The van der Waals surface area contributed by atoms with E-state index in [1.165, 1.54) is 0 Å². The van der Waals surface area contributed by atoms with Gasteiger partial charge in [0.2, 0.25) is 0 Å². The fourth-order valence-corrected chi connectivity index (χ4v) is 0.844. The Hall–Kier alpha value is -1.10. The molecule has 82 valence electrons. The third-order valence-electron chi connectivity index (χ3n) is 1.49. The van der Waals surface area contributed by atoms with Gasteiger partial charge in [0.15, 0.2) is 6.10 Å². The fraction of sp³-hybridized carbons (Fsp3) is 0.778. The first-order valence-electron chi connectivity index (χ1n) is 4.62. The van der Waals surface area contributed by atoms with Crippen molar-refractivity contribution in [2.24, 2.45) is 0 Å². The first kappa shape index (κ1) is 12.9. The molecule has 0 rings (SSSR count). The van der Waals surface area contributed by atoms with Gasteiger partial charge in [-0.1, -0.05) is 0 Å². The van der Waals surface area contributed by atoms with Crippen LogP contribution in [0.1, 0.15) is 26.7 Å². The lowest BCUT2D eigenvalue weighted by Gasteiger charge is -2.08. The van der Waals surface area contributed by atoms with Gasteiger partial charge in [-0.3, -0.25) is 4.79 Å². The lowest BCUT2D eigenvalue weighted by atomic mass is 10.2. The molecule has 0 aromatic rings. The van der Waals surface area contributed by atoms with E-state index in [1.807, 2.05) is 0 Å². The average molecular weight is 204 g/mol. The Bertz CT molecular complexity index is 190. The number of esters is 2. The Kier molecular flexibility index (Phi) is 6.74. The normalized spacial score (nSPS) is 11.9. The van der Waals surface area contributed by atoms with E-state index >= 15 is 0 Å². The predicted octanol–water partition coefficient (Wildman–Crippen LogP) is 0.254. The number of aliphatic hydroxyl groups is 1. The van der Waals surface area contributed by atoms with Gasteiger partial charge < -0.3 is 14.6 Å². The molecule has 0 saturated carbocycles. The van der Waals surface area contributed by atoms with Crippen molar-refractivity contribution in [3.8, 4) is 0 Å². The van der Waals surface area contributed by atoms with Crippen molar-refractivity contribution in [1.29, 1.82) is 0 Å². The molecule has 0 aliphatic rings. The van der Waals surface area contributed by atoms with Crippen molar-refractivity contribution in [3.63, 3.8) is 0 Å². The van der Waals surface area contributed by atoms with Crippen LogP contribution in [0, 0.1) is 0 Å². The Morgan fingerprint density at radius 3 is 2.29 bits per heavy atom. The smallest absolute Gasteiger partial charge is 0.334 e. The topological polar surface area (TPSA) is 72.8 Å². The van der Waals surface area contributed by atoms with Crippen molar-refractivity contribution in [2.45, 2.75) is 32.8 Å². The summed E-state index contributed by atoms with van der Waals surface area (Å²) < 4.78 is 9.18. The lowest BCUT2D eigenvalue weighted by Crippen LogP contribution is -2.24. The Morgan fingerprint density at radius 2 is 1.79 bits per heavy atom. The molecule has 0 aromatic heterocycles. The summed E-state index contributed by atoms with van der Waals surface area (Å²) >= 11 is 0. The molecule has 0 bridgehead atoms. The highest BCUT2D eigenvalue weighted by molar-refractivity contribution is 5.76. The highest BCUT2D eigenvalue weighted by atomic mass is 16.5. The quantitative estimate of drug-likeness (QED) is 0.628. The predicted molar refractivity (Wildman–Crippen MR) is 48.5 cm³/mol. The van der Waals surface area contributed by atoms with Crippen LogP contribution in [-0.4, -0.2) is 36.4 Å². The lowest BCUT2D eigenvalue weighted by molar-refractivity contribution is -0.154. The number of carbonyl (C=O) groups is 2. The van der Waals surface area contributed by atoms with Crippen LogP contribution in [-0.2, 0) is 19.1 Å². The van der Waals surface area contributed by atoms with E-state index in [9.17, 15) is 14.7 Å². The first-order valence-corrected chi connectivity index (χ1v) is 4.62.